The van der Waals surface area contributed by atoms with Crippen molar-refractivity contribution in [3.05, 3.63) is 77.4 Å². The number of amides is 4. The Morgan fingerprint density at radius 2 is 1.74 bits per heavy atom. The molecule has 8 heteroatoms. The molecule has 0 spiro atoms. The van der Waals surface area contributed by atoms with Gasteiger partial charge in [-0.05, 0) is 39.3 Å². The molecular formula is C23H16N4O3S. The number of imide groups is 1. The average Bonchev–Trinajstić information content (AvgIpc) is 3.37. The molecule has 4 amide bonds. The summed E-state index contributed by atoms with van der Waals surface area (Å²) in [5.41, 5.74) is 0.972. The maximum absolute atomic E-state index is 12.9. The number of rotatable bonds is 4. The van der Waals surface area contributed by atoms with Gasteiger partial charge in [-0.2, -0.15) is 0 Å². The molecule has 1 aliphatic heterocycles. The van der Waals surface area contributed by atoms with Crippen LogP contribution in [0.4, 0.5) is 9.93 Å². The van der Waals surface area contributed by atoms with Gasteiger partial charge in [-0.15, -0.1) is 11.3 Å². The van der Waals surface area contributed by atoms with E-state index in [2.05, 4.69) is 21.7 Å². The van der Waals surface area contributed by atoms with Gasteiger partial charge in [-0.1, -0.05) is 48.5 Å². The fraction of sp³-hybridized carbons (Fsp3) is 0.0435. The van der Waals surface area contributed by atoms with Crippen LogP contribution in [-0.2, 0) is 9.59 Å². The van der Waals surface area contributed by atoms with Crippen molar-refractivity contribution in [3.8, 4) is 0 Å². The number of hydrogen-bond donors (Lipinski definition) is 2. The number of anilines is 1. The van der Waals surface area contributed by atoms with Gasteiger partial charge in [0.15, 0.2) is 5.13 Å². The first kappa shape index (κ1) is 19.0. The van der Waals surface area contributed by atoms with Gasteiger partial charge < -0.3 is 10.6 Å². The smallest absolute Gasteiger partial charge is 0.303 e. The van der Waals surface area contributed by atoms with E-state index in [1.807, 2.05) is 48.5 Å². The Kier molecular flexibility index (Phi) is 4.68. The van der Waals surface area contributed by atoms with E-state index in [1.54, 1.807) is 17.7 Å². The highest BCUT2D eigenvalue weighted by atomic mass is 32.1. The lowest BCUT2D eigenvalue weighted by molar-refractivity contribution is -0.127. The SMILES string of the molecule is O=C(CN1C(=O)N/C(=C\c2c3ccccc3cc3ccccc23)C1=O)Nc1nccs1. The molecule has 1 aliphatic rings. The number of hydrogen-bond acceptors (Lipinski definition) is 5. The van der Waals surface area contributed by atoms with E-state index in [1.165, 1.54) is 11.3 Å². The molecule has 0 atom stereocenters. The Labute approximate surface area is 181 Å². The van der Waals surface area contributed by atoms with Crippen LogP contribution < -0.4 is 10.6 Å². The van der Waals surface area contributed by atoms with Crippen molar-refractivity contribution in [1.82, 2.24) is 15.2 Å². The van der Waals surface area contributed by atoms with Gasteiger partial charge in [-0.3, -0.25) is 9.59 Å². The minimum Gasteiger partial charge on any atom is -0.303 e. The first-order valence-corrected chi connectivity index (χ1v) is 10.4. The third kappa shape index (κ3) is 3.53. The summed E-state index contributed by atoms with van der Waals surface area (Å²) < 4.78 is 0. The third-order valence-corrected chi connectivity index (χ3v) is 5.73. The number of fused-ring (bicyclic) bond motifs is 2. The Morgan fingerprint density at radius 3 is 2.39 bits per heavy atom. The molecule has 1 aromatic heterocycles. The predicted octanol–water partition coefficient (Wildman–Crippen LogP) is 3.98. The van der Waals surface area contributed by atoms with Gasteiger partial charge in [-0.25, -0.2) is 14.7 Å². The van der Waals surface area contributed by atoms with Crippen molar-refractivity contribution in [3.63, 3.8) is 0 Å². The van der Waals surface area contributed by atoms with Crippen molar-refractivity contribution in [2.24, 2.45) is 0 Å². The highest BCUT2D eigenvalue weighted by Crippen LogP contribution is 2.30. The molecule has 1 saturated heterocycles. The van der Waals surface area contributed by atoms with Gasteiger partial charge in [0.05, 0.1) is 0 Å². The maximum Gasteiger partial charge on any atom is 0.329 e. The number of urea groups is 1. The van der Waals surface area contributed by atoms with Gasteiger partial charge in [0, 0.05) is 11.6 Å². The molecule has 2 N–H and O–H groups in total. The number of aromatic nitrogens is 1. The lowest BCUT2D eigenvalue weighted by Gasteiger charge is -2.11. The fourth-order valence-corrected chi connectivity index (χ4v) is 4.20. The summed E-state index contributed by atoms with van der Waals surface area (Å²) in [6.45, 7) is -0.391. The normalized spacial score (nSPS) is 15.1. The quantitative estimate of drug-likeness (QED) is 0.292. The second-order valence-corrected chi connectivity index (χ2v) is 7.89. The van der Waals surface area contributed by atoms with Crippen molar-refractivity contribution in [1.29, 1.82) is 0 Å². The topological polar surface area (TPSA) is 91.4 Å². The molecule has 1 fully saturated rings. The van der Waals surface area contributed by atoms with Crippen molar-refractivity contribution >= 4 is 61.9 Å². The van der Waals surface area contributed by atoms with Gasteiger partial charge in [0.2, 0.25) is 5.91 Å². The van der Waals surface area contributed by atoms with Gasteiger partial charge in [0.25, 0.3) is 5.91 Å². The van der Waals surface area contributed by atoms with Crippen LogP contribution in [0.5, 0.6) is 0 Å². The lowest BCUT2D eigenvalue weighted by atomic mass is 9.96. The van der Waals surface area contributed by atoms with E-state index in [0.717, 1.165) is 32.0 Å². The number of nitrogens with one attached hydrogen (secondary N) is 2. The molecule has 31 heavy (non-hydrogen) atoms. The number of carbonyl (C=O) groups excluding carboxylic acids is 3. The summed E-state index contributed by atoms with van der Waals surface area (Å²) in [5.74, 6) is -1.04. The largest absolute Gasteiger partial charge is 0.329 e. The molecule has 0 unspecified atom stereocenters. The van der Waals surface area contributed by atoms with Gasteiger partial charge in [0.1, 0.15) is 12.2 Å². The minimum atomic E-state index is -0.630. The van der Waals surface area contributed by atoms with E-state index in [9.17, 15) is 14.4 Å². The van der Waals surface area contributed by atoms with Crippen molar-refractivity contribution in [2.45, 2.75) is 0 Å². The second-order valence-electron chi connectivity index (χ2n) is 7.00. The molecule has 0 radical (unpaired) electrons. The molecule has 152 valence electrons. The Balaban J connectivity index is 1.50. The Hall–Kier alpha value is -4.04. The van der Waals surface area contributed by atoms with Gasteiger partial charge >= 0.3 is 6.03 Å². The maximum atomic E-state index is 12.9. The van der Waals surface area contributed by atoms with Crippen LogP contribution in [0.3, 0.4) is 0 Å². The minimum absolute atomic E-state index is 0.133. The molecule has 4 aromatic rings. The zero-order valence-electron chi connectivity index (χ0n) is 16.2. The molecule has 2 heterocycles. The van der Waals surface area contributed by atoms with E-state index >= 15 is 0 Å². The summed E-state index contributed by atoms with van der Waals surface area (Å²) >= 11 is 1.26. The molecule has 7 nitrogen and oxygen atoms in total. The lowest BCUT2D eigenvalue weighted by Crippen LogP contribution is -2.38. The molecule has 0 aliphatic carbocycles. The van der Waals surface area contributed by atoms with E-state index in [0.29, 0.717) is 5.13 Å². The van der Waals surface area contributed by atoms with E-state index in [-0.39, 0.29) is 5.70 Å². The van der Waals surface area contributed by atoms with Crippen LogP contribution in [0.15, 0.2) is 71.9 Å². The highest BCUT2D eigenvalue weighted by Gasteiger charge is 2.35. The Bertz CT molecular complexity index is 1320. The first-order chi connectivity index (χ1) is 15.1. The van der Waals surface area contributed by atoms with E-state index in [4.69, 9.17) is 0 Å². The molecular weight excluding hydrogens is 412 g/mol. The highest BCUT2D eigenvalue weighted by molar-refractivity contribution is 7.13. The van der Waals surface area contributed by atoms with Crippen LogP contribution in [0.2, 0.25) is 0 Å². The number of thiazole rings is 1. The average molecular weight is 428 g/mol. The van der Waals surface area contributed by atoms with Crippen LogP contribution in [0, 0.1) is 0 Å². The number of nitrogens with zero attached hydrogens (tertiary/aromatic N) is 2. The standard InChI is InChI=1S/C23H16N4O3S/c28-20(26-22-24-9-10-31-22)13-27-21(29)19(25-23(27)30)12-18-16-7-3-1-5-14(16)11-15-6-2-4-8-17(15)18/h1-12H,13H2,(H,25,30)(H,24,26,28)/b19-12-. The van der Waals surface area contributed by atoms with Crippen molar-refractivity contribution in [2.75, 3.05) is 11.9 Å². The molecule has 0 saturated carbocycles. The van der Waals surface area contributed by atoms with Crippen LogP contribution >= 0.6 is 11.3 Å². The monoisotopic (exact) mass is 428 g/mol. The van der Waals surface area contributed by atoms with E-state index < -0.39 is 24.4 Å². The summed E-state index contributed by atoms with van der Waals surface area (Å²) in [6.07, 6.45) is 3.24. The van der Waals surface area contributed by atoms with Crippen molar-refractivity contribution < 1.29 is 14.4 Å². The first-order valence-electron chi connectivity index (χ1n) is 9.54. The summed E-state index contributed by atoms with van der Waals surface area (Å²) in [5, 5.41) is 11.3. The predicted molar refractivity (Wildman–Crippen MR) is 120 cm³/mol. The van der Waals surface area contributed by atoms with Crippen LogP contribution in [0.1, 0.15) is 5.56 Å². The fourth-order valence-electron chi connectivity index (χ4n) is 3.65. The zero-order chi connectivity index (χ0) is 21.4. The summed E-state index contributed by atoms with van der Waals surface area (Å²) in [4.78, 5) is 42.4. The third-order valence-electron chi connectivity index (χ3n) is 5.04. The van der Waals surface area contributed by atoms with Crippen LogP contribution in [-0.4, -0.2) is 34.3 Å². The zero-order valence-corrected chi connectivity index (χ0v) is 17.0. The molecule has 3 aromatic carbocycles. The molecule has 0 bridgehead atoms. The summed E-state index contributed by atoms with van der Waals surface area (Å²) in [6, 6.07) is 17.2. The van der Waals surface area contributed by atoms with Crippen LogP contribution in [0.25, 0.3) is 27.6 Å². The second kappa shape index (κ2) is 7.66. The number of carbonyl (C=O) groups is 3. The summed E-state index contributed by atoms with van der Waals surface area (Å²) in [7, 11) is 0. The molecule has 5 rings (SSSR count). The number of benzene rings is 3. The Morgan fingerprint density at radius 1 is 1.06 bits per heavy atom.